The van der Waals surface area contributed by atoms with E-state index in [1.54, 1.807) is 29.5 Å². The molecule has 5 heteroatoms. The summed E-state index contributed by atoms with van der Waals surface area (Å²) < 4.78 is 177. The fourth-order valence-corrected chi connectivity index (χ4v) is 7.79. The van der Waals surface area contributed by atoms with Gasteiger partial charge < -0.3 is 0 Å². The standard InChI is InChI=1S/C47H29N3S2/c1-3-11-30(12-4-1)31-21-23-32(24-22-31)37-18-10-20-42-44(37)39-26-25-36(28-43(39)52-42)47-49-45(33-13-5-2-6-14-33)48-46(50-47)35-16-9-15-34(27-35)40-29-51-41-19-8-7-17-38(40)41/h1-29H/i1D,2D,3D,4D,5D,6D,10D,11D,12D,13D,14D,18D,20D,21D,22D,23D,24D,25D,26D,28D. The van der Waals surface area contributed by atoms with Gasteiger partial charge >= 0.3 is 0 Å². The second-order valence-corrected chi connectivity index (χ2v) is 13.2. The fourth-order valence-electron chi connectivity index (χ4n) is 5.80. The van der Waals surface area contributed by atoms with Crippen molar-refractivity contribution in [3.8, 4) is 67.5 Å². The van der Waals surface area contributed by atoms with E-state index in [0.717, 1.165) is 21.2 Å². The summed E-state index contributed by atoms with van der Waals surface area (Å²) in [5.74, 6) is -0.912. The lowest BCUT2D eigenvalue weighted by atomic mass is 9.97. The van der Waals surface area contributed by atoms with Gasteiger partial charge in [-0.15, -0.1) is 22.7 Å². The predicted molar refractivity (Wildman–Crippen MR) is 221 cm³/mol. The van der Waals surface area contributed by atoms with Crippen LogP contribution in [-0.4, -0.2) is 15.0 Å². The zero-order valence-corrected chi connectivity index (χ0v) is 28.0. The van der Waals surface area contributed by atoms with Crippen molar-refractivity contribution < 1.29 is 27.4 Å². The highest BCUT2D eigenvalue weighted by atomic mass is 32.1. The van der Waals surface area contributed by atoms with Crippen LogP contribution in [0.4, 0.5) is 0 Å². The van der Waals surface area contributed by atoms with Crippen LogP contribution in [0, 0.1) is 0 Å². The Kier molecular flexibility index (Phi) is 4.03. The summed E-state index contributed by atoms with van der Waals surface area (Å²) in [7, 11) is 0. The zero-order chi connectivity index (χ0) is 51.8. The number of hydrogen-bond acceptors (Lipinski definition) is 5. The molecule has 0 aliphatic heterocycles. The summed E-state index contributed by atoms with van der Waals surface area (Å²) >= 11 is 2.25. The van der Waals surface area contributed by atoms with E-state index in [-0.39, 0.29) is 31.6 Å². The number of thiophene rings is 2. The van der Waals surface area contributed by atoms with Gasteiger partial charge in [0.15, 0.2) is 17.5 Å². The fraction of sp³-hybridized carbons (Fsp3) is 0. The lowest BCUT2D eigenvalue weighted by Crippen LogP contribution is -2.00. The van der Waals surface area contributed by atoms with E-state index in [1.807, 2.05) is 35.7 Å². The van der Waals surface area contributed by atoms with Gasteiger partial charge in [-0.3, -0.25) is 0 Å². The Morgan fingerprint density at radius 3 is 1.88 bits per heavy atom. The average Bonchev–Trinajstić information content (AvgIpc) is 4.00. The quantitative estimate of drug-likeness (QED) is 0.172. The van der Waals surface area contributed by atoms with E-state index in [0.29, 0.717) is 16.9 Å². The Morgan fingerprint density at radius 2 is 1.08 bits per heavy atom. The van der Waals surface area contributed by atoms with Gasteiger partial charge in [0.1, 0.15) is 0 Å². The van der Waals surface area contributed by atoms with E-state index in [1.165, 1.54) is 0 Å². The first-order valence-corrected chi connectivity index (χ1v) is 17.3. The summed E-state index contributed by atoms with van der Waals surface area (Å²) in [5.41, 5.74) is -1.05. The molecule has 7 aromatic carbocycles. The number of rotatable bonds is 6. The minimum Gasteiger partial charge on any atom is -0.208 e. The molecular weight excluding hydrogens is 671 g/mol. The smallest absolute Gasteiger partial charge is 0.164 e. The molecule has 0 bridgehead atoms. The molecule has 0 atom stereocenters. The molecule has 52 heavy (non-hydrogen) atoms. The third-order valence-corrected chi connectivity index (χ3v) is 10.2. The third-order valence-electron chi connectivity index (χ3n) is 8.19. The van der Waals surface area contributed by atoms with E-state index >= 15 is 0 Å². The summed E-state index contributed by atoms with van der Waals surface area (Å²) in [6.45, 7) is 0. The van der Waals surface area contributed by atoms with Gasteiger partial charge in [0.25, 0.3) is 0 Å². The zero-order valence-electron chi connectivity index (χ0n) is 46.4. The van der Waals surface area contributed by atoms with E-state index in [9.17, 15) is 6.85 Å². The van der Waals surface area contributed by atoms with Crippen molar-refractivity contribution >= 4 is 52.9 Å². The Morgan fingerprint density at radius 1 is 0.423 bits per heavy atom. The SMILES string of the molecule is [2H]c1c([2H])c([2H])c(-c2nc(-c3cccc(-c4csc5ccccc45)c3)nc(-c3c([2H])c([2H])c4c(sc5c([2H])c([2H])c([2H])c(-c6c([2H])c([2H])c(-c7c([2H])c([2H])c([2H])c([2H])c7[2H])c([2H])c6[2H])c54)c3[2H])n2)c([2H])c1[2H]. The van der Waals surface area contributed by atoms with Crippen molar-refractivity contribution in [2.24, 2.45) is 0 Å². The van der Waals surface area contributed by atoms with Crippen LogP contribution in [-0.2, 0) is 0 Å². The number of fused-ring (bicyclic) bond motifs is 4. The highest BCUT2D eigenvalue weighted by Crippen LogP contribution is 2.42. The van der Waals surface area contributed by atoms with Crippen LogP contribution in [0.2, 0.25) is 0 Å². The van der Waals surface area contributed by atoms with Crippen molar-refractivity contribution in [1.82, 2.24) is 15.0 Å². The monoisotopic (exact) mass is 719 g/mol. The summed E-state index contributed by atoms with van der Waals surface area (Å²) in [4.78, 5) is 13.8. The van der Waals surface area contributed by atoms with Crippen LogP contribution < -0.4 is 0 Å². The molecule has 0 N–H and O–H groups in total. The maximum Gasteiger partial charge on any atom is 0.164 e. The molecule has 244 valence electrons. The summed E-state index contributed by atoms with van der Waals surface area (Å²) in [6.07, 6.45) is 0. The van der Waals surface area contributed by atoms with E-state index < -0.39 is 160 Å². The second kappa shape index (κ2) is 12.8. The minimum atomic E-state index is -0.858. The number of hydrogen-bond donors (Lipinski definition) is 0. The van der Waals surface area contributed by atoms with Crippen LogP contribution in [0.25, 0.3) is 97.8 Å². The van der Waals surface area contributed by atoms with Crippen molar-refractivity contribution in [2.75, 3.05) is 0 Å². The van der Waals surface area contributed by atoms with Gasteiger partial charge in [0, 0.05) is 52.5 Å². The molecule has 3 heterocycles. The third kappa shape index (κ3) is 5.48. The molecule has 0 spiro atoms. The van der Waals surface area contributed by atoms with Crippen LogP contribution in [0.1, 0.15) is 27.4 Å². The molecule has 0 amide bonds. The molecule has 10 rings (SSSR count). The largest absolute Gasteiger partial charge is 0.208 e. The maximum atomic E-state index is 9.68. The highest BCUT2D eigenvalue weighted by molar-refractivity contribution is 7.26. The van der Waals surface area contributed by atoms with Crippen LogP contribution >= 0.6 is 22.7 Å². The first-order valence-electron chi connectivity index (χ1n) is 25.6. The summed E-state index contributed by atoms with van der Waals surface area (Å²) in [6, 6.07) is 0.371. The Balaban J connectivity index is 1.25. The van der Waals surface area contributed by atoms with Gasteiger partial charge in [0.2, 0.25) is 0 Å². The van der Waals surface area contributed by atoms with Gasteiger partial charge in [-0.1, -0.05) is 145 Å². The number of benzene rings is 7. The topological polar surface area (TPSA) is 38.7 Å². The molecule has 0 aliphatic rings. The highest BCUT2D eigenvalue weighted by Gasteiger charge is 2.17. The van der Waals surface area contributed by atoms with E-state index in [4.69, 9.17) is 25.5 Å². The predicted octanol–water partition coefficient (Wildman–Crippen LogP) is 13.5. The molecule has 0 fully saturated rings. The van der Waals surface area contributed by atoms with Crippen molar-refractivity contribution in [3.63, 3.8) is 0 Å². The number of aromatic nitrogens is 3. The molecule has 0 radical (unpaired) electrons. The van der Waals surface area contributed by atoms with Crippen LogP contribution in [0.15, 0.2) is 175 Å². The molecule has 0 aliphatic carbocycles. The van der Waals surface area contributed by atoms with Gasteiger partial charge in [-0.05, 0) is 57.4 Å². The Bertz CT molecular complexity index is 3990. The molecule has 10 aromatic rings. The first-order chi connectivity index (χ1) is 34.1. The average molecular weight is 720 g/mol. The van der Waals surface area contributed by atoms with E-state index in [2.05, 4.69) is 9.97 Å². The maximum absolute atomic E-state index is 9.68. The number of nitrogens with zero attached hydrogens (tertiary/aromatic N) is 3. The Hall–Kier alpha value is -6.27. The van der Waals surface area contributed by atoms with Crippen LogP contribution in [0.5, 0.6) is 0 Å². The normalized spacial score (nSPS) is 16.8. The van der Waals surface area contributed by atoms with Crippen LogP contribution in [0.3, 0.4) is 0 Å². The molecule has 0 unspecified atom stereocenters. The van der Waals surface area contributed by atoms with Crippen molar-refractivity contribution in [1.29, 1.82) is 0 Å². The lowest BCUT2D eigenvalue weighted by Gasteiger charge is -2.10. The molecule has 3 nitrogen and oxygen atoms in total. The Labute approximate surface area is 337 Å². The lowest BCUT2D eigenvalue weighted by molar-refractivity contribution is 1.07. The minimum absolute atomic E-state index is 0.0891. The van der Waals surface area contributed by atoms with Gasteiger partial charge in [0.05, 0.1) is 27.4 Å². The first kappa shape index (κ1) is 16.4. The van der Waals surface area contributed by atoms with Crippen molar-refractivity contribution in [2.45, 2.75) is 0 Å². The molecule has 0 saturated heterocycles. The van der Waals surface area contributed by atoms with Gasteiger partial charge in [-0.2, -0.15) is 0 Å². The van der Waals surface area contributed by atoms with Gasteiger partial charge in [-0.25, -0.2) is 15.0 Å². The molecule has 3 aromatic heterocycles. The molecule has 0 saturated carbocycles. The molecular formula is C47H29N3S2. The second-order valence-electron chi connectivity index (χ2n) is 11.3. The van der Waals surface area contributed by atoms with Crippen molar-refractivity contribution in [3.05, 3.63) is 175 Å². The summed E-state index contributed by atoms with van der Waals surface area (Å²) in [5, 5.41) is 2.52.